The molecule has 0 heterocycles. The monoisotopic (exact) mass is 141 g/mol. The molecule has 0 aliphatic carbocycles. The molecule has 0 aromatic heterocycles. The van der Waals surface area contributed by atoms with E-state index in [9.17, 15) is 0 Å². The minimum Gasteiger partial charge on any atom is -0.0975 e. The molecule has 1 rings (SSSR count). The van der Waals surface area contributed by atoms with Crippen LogP contribution in [0.1, 0.15) is 5.56 Å². The van der Waals surface area contributed by atoms with Crippen molar-refractivity contribution in [2.45, 2.75) is 0 Å². The van der Waals surface area contributed by atoms with Crippen LogP contribution in [0.4, 0.5) is 0 Å². The molecule has 0 heteroatoms. The van der Waals surface area contributed by atoms with Gasteiger partial charge in [-0.05, 0) is 17.7 Å². The quantitative estimate of drug-likeness (QED) is 0.527. The Labute approximate surface area is 67.6 Å². The van der Waals surface area contributed by atoms with Crippen molar-refractivity contribution in [2.24, 2.45) is 0 Å². The lowest BCUT2D eigenvalue weighted by atomic mass is 10.2. The first-order valence-corrected chi connectivity index (χ1v) is 3.42. The Morgan fingerprint density at radius 1 is 1.18 bits per heavy atom. The van der Waals surface area contributed by atoms with Gasteiger partial charge in [0.05, 0.1) is 0 Å². The van der Waals surface area contributed by atoms with Gasteiger partial charge in [0.25, 0.3) is 0 Å². The lowest BCUT2D eigenvalue weighted by Crippen LogP contribution is -1.66. The molecule has 0 saturated carbocycles. The van der Waals surface area contributed by atoms with Crippen LogP contribution in [0.2, 0.25) is 0 Å². The van der Waals surface area contributed by atoms with Crippen LogP contribution >= 0.6 is 0 Å². The van der Waals surface area contributed by atoms with Gasteiger partial charge in [-0.15, -0.1) is 0 Å². The van der Waals surface area contributed by atoms with E-state index in [1.807, 2.05) is 36.4 Å². The van der Waals surface area contributed by atoms with Crippen LogP contribution in [-0.4, -0.2) is 0 Å². The van der Waals surface area contributed by atoms with Crippen molar-refractivity contribution < 1.29 is 0 Å². The smallest absolute Gasteiger partial charge is 0.0202 e. The normalized spacial score (nSPS) is 9.18. The van der Waals surface area contributed by atoms with E-state index in [1.165, 1.54) is 0 Å². The van der Waals surface area contributed by atoms with Crippen molar-refractivity contribution in [1.29, 1.82) is 0 Å². The van der Waals surface area contributed by atoms with E-state index in [0.29, 0.717) is 0 Å². The van der Waals surface area contributed by atoms with E-state index in [1.54, 1.807) is 6.08 Å². The highest BCUT2D eigenvalue weighted by Crippen LogP contribution is 1.99. The topological polar surface area (TPSA) is 0 Å². The molecule has 1 aromatic carbocycles. The first-order valence-electron chi connectivity index (χ1n) is 3.42. The van der Waals surface area contributed by atoms with Gasteiger partial charge in [-0.2, -0.15) is 0 Å². The third-order valence-corrected chi connectivity index (χ3v) is 1.26. The third kappa shape index (κ3) is 2.73. The fourth-order valence-corrected chi connectivity index (χ4v) is 0.761. The SMILES string of the molecule is [CH2]C#CC=Cc1ccccc1. The standard InChI is InChI=1S/C11H9/c1-2-3-5-8-11-9-6-4-7-10-11/h4-10H,1H2. The summed E-state index contributed by atoms with van der Waals surface area (Å²) >= 11 is 0. The molecule has 0 aliphatic rings. The first kappa shape index (κ1) is 7.63. The second kappa shape index (κ2) is 4.35. The molecular weight excluding hydrogens is 132 g/mol. The molecule has 0 spiro atoms. The van der Waals surface area contributed by atoms with E-state index < -0.39 is 0 Å². The number of allylic oxidation sites excluding steroid dienone is 1. The molecular formula is C11H9. The van der Waals surface area contributed by atoms with Crippen LogP contribution in [0.15, 0.2) is 36.4 Å². The summed E-state index contributed by atoms with van der Waals surface area (Å²) in [5, 5.41) is 0. The Bertz CT molecular complexity index is 283. The number of hydrogen-bond acceptors (Lipinski definition) is 0. The molecule has 0 aliphatic heterocycles. The fourth-order valence-electron chi connectivity index (χ4n) is 0.761. The summed E-state index contributed by atoms with van der Waals surface area (Å²) in [6, 6.07) is 10.0. The molecule has 0 unspecified atom stereocenters. The minimum atomic E-state index is 1.16. The van der Waals surface area contributed by atoms with Crippen molar-refractivity contribution in [3.63, 3.8) is 0 Å². The molecule has 1 radical (unpaired) electrons. The van der Waals surface area contributed by atoms with Crippen LogP contribution in [0.5, 0.6) is 0 Å². The first-order chi connectivity index (χ1) is 5.43. The summed E-state index contributed by atoms with van der Waals surface area (Å²) in [6.07, 6.45) is 3.75. The molecule has 53 valence electrons. The second-order valence-electron chi connectivity index (χ2n) is 2.07. The van der Waals surface area contributed by atoms with E-state index in [2.05, 4.69) is 18.8 Å². The lowest BCUT2D eigenvalue weighted by molar-refractivity contribution is 1.66. The molecule has 0 N–H and O–H groups in total. The molecule has 1 aromatic rings. The van der Waals surface area contributed by atoms with Crippen molar-refractivity contribution >= 4 is 6.08 Å². The Balaban J connectivity index is 2.69. The molecule has 0 atom stereocenters. The third-order valence-electron chi connectivity index (χ3n) is 1.26. The fraction of sp³-hybridized carbons (Fsp3) is 0. The van der Waals surface area contributed by atoms with Gasteiger partial charge < -0.3 is 0 Å². The average molecular weight is 141 g/mol. The van der Waals surface area contributed by atoms with Crippen molar-refractivity contribution in [3.8, 4) is 11.8 Å². The van der Waals surface area contributed by atoms with Gasteiger partial charge in [-0.25, -0.2) is 0 Å². The zero-order chi connectivity index (χ0) is 7.94. The minimum absolute atomic E-state index is 1.16. The Hall–Kier alpha value is -1.48. The van der Waals surface area contributed by atoms with Crippen molar-refractivity contribution in [2.75, 3.05) is 0 Å². The summed E-state index contributed by atoms with van der Waals surface area (Å²) in [7, 11) is 0. The van der Waals surface area contributed by atoms with Crippen molar-refractivity contribution in [1.82, 2.24) is 0 Å². The Kier molecular flexibility index (Phi) is 3.02. The summed E-state index contributed by atoms with van der Waals surface area (Å²) < 4.78 is 0. The van der Waals surface area contributed by atoms with Crippen LogP contribution in [-0.2, 0) is 0 Å². The molecule has 0 fully saturated rings. The van der Waals surface area contributed by atoms with Gasteiger partial charge >= 0.3 is 0 Å². The summed E-state index contributed by atoms with van der Waals surface area (Å²) in [6.45, 7) is 3.40. The predicted molar refractivity (Wildman–Crippen MR) is 48.6 cm³/mol. The van der Waals surface area contributed by atoms with Gasteiger partial charge in [0.2, 0.25) is 0 Å². The van der Waals surface area contributed by atoms with E-state index in [0.717, 1.165) is 5.56 Å². The summed E-state index contributed by atoms with van der Waals surface area (Å²) in [4.78, 5) is 0. The maximum Gasteiger partial charge on any atom is 0.0202 e. The van der Waals surface area contributed by atoms with Gasteiger partial charge in [0, 0.05) is 6.92 Å². The van der Waals surface area contributed by atoms with Crippen LogP contribution in [0, 0.1) is 18.8 Å². The molecule has 0 saturated heterocycles. The van der Waals surface area contributed by atoms with Gasteiger partial charge in [-0.3, -0.25) is 0 Å². The van der Waals surface area contributed by atoms with E-state index >= 15 is 0 Å². The van der Waals surface area contributed by atoms with Crippen LogP contribution in [0.25, 0.3) is 6.08 Å². The second-order valence-corrected chi connectivity index (χ2v) is 2.07. The lowest BCUT2D eigenvalue weighted by Gasteiger charge is -1.86. The Morgan fingerprint density at radius 3 is 2.55 bits per heavy atom. The average Bonchev–Trinajstić information content (AvgIpc) is 2.07. The van der Waals surface area contributed by atoms with Gasteiger partial charge in [0.15, 0.2) is 0 Å². The summed E-state index contributed by atoms with van der Waals surface area (Å²) in [5.74, 6) is 5.31. The zero-order valence-corrected chi connectivity index (χ0v) is 6.25. The predicted octanol–water partition coefficient (Wildman–Crippen LogP) is 2.54. The van der Waals surface area contributed by atoms with Crippen LogP contribution < -0.4 is 0 Å². The molecule has 0 nitrogen and oxygen atoms in total. The molecule has 11 heavy (non-hydrogen) atoms. The molecule has 0 bridgehead atoms. The summed E-state index contributed by atoms with van der Waals surface area (Å²) in [5.41, 5.74) is 1.16. The highest BCUT2D eigenvalue weighted by Gasteiger charge is 1.78. The highest BCUT2D eigenvalue weighted by molar-refractivity contribution is 5.52. The Morgan fingerprint density at radius 2 is 1.91 bits per heavy atom. The maximum atomic E-state index is 3.40. The largest absolute Gasteiger partial charge is 0.0975 e. The number of rotatable bonds is 1. The van der Waals surface area contributed by atoms with Gasteiger partial charge in [0.1, 0.15) is 0 Å². The molecule has 0 amide bonds. The van der Waals surface area contributed by atoms with Crippen LogP contribution in [0.3, 0.4) is 0 Å². The number of benzene rings is 1. The van der Waals surface area contributed by atoms with E-state index in [4.69, 9.17) is 0 Å². The van der Waals surface area contributed by atoms with Gasteiger partial charge in [-0.1, -0.05) is 42.2 Å². The maximum absolute atomic E-state index is 3.40. The van der Waals surface area contributed by atoms with Crippen molar-refractivity contribution in [3.05, 3.63) is 48.9 Å². The van der Waals surface area contributed by atoms with E-state index in [-0.39, 0.29) is 0 Å². The number of hydrogen-bond donors (Lipinski definition) is 0. The zero-order valence-electron chi connectivity index (χ0n) is 6.25. The highest BCUT2D eigenvalue weighted by atomic mass is 13.8.